The summed E-state index contributed by atoms with van der Waals surface area (Å²) in [7, 11) is 3.39. The Bertz CT molecular complexity index is 1810. The van der Waals surface area contributed by atoms with Gasteiger partial charge in [-0.1, -0.05) is 86.7 Å². The predicted octanol–water partition coefficient (Wildman–Crippen LogP) is 10.6. The molecule has 254 valence electrons. The van der Waals surface area contributed by atoms with Gasteiger partial charge in [-0.05, 0) is 110 Å². The van der Waals surface area contributed by atoms with E-state index in [1.165, 1.54) is 12.8 Å². The molecule has 49 heavy (non-hydrogen) atoms. The normalized spacial score (nSPS) is 20.3. The largest absolute Gasteiger partial charge is 0.497 e. The van der Waals surface area contributed by atoms with Gasteiger partial charge in [0.15, 0.2) is 0 Å². The van der Waals surface area contributed by atoms with Crippen molar-refractivity contribution in [1.29, 1.82) is 0 Å². The van der Waals surface area contributed by atoms with Crippen LogP contribution in [0.3, 0.4) is 0 Å². The summed E-state index contributed by atoms with van der Waals surface area (Å²) in [5, 5.41) is 3.96. The van der Waals surface area contributed by atoms with Crippen molar-refractivity contribution >= 4 is 17.2 Å². The van der Waals surface area contributed by atoms with E-state index in [1.54, 1.807) is 14.2 Å². The lowest BCUT2D eigenvalue weighted by molar-refractivity contribution is 0.0355. The van der Waals surface area contributed by atoms with Crippen LogP contribution in [0.1, 0.15) is 96.7 Å². The second-order valence-electron chi connectivity index (χ2n) is 14.0. The minimum atomic E-state index is -0.517. The SMILES string of the molecule is C=CC(=C(c1ccc(OC)cc1)c1ccccc1NC1CCC(C)CC1)C(C)(CCC1OC(=O)c2cc(C)ccc21)c1ccc(OC)cc1. The number of aryl methyl sites for hydroxylation is 1. The van der Waals surface area contributed by atoms with Crippen LogP contribution in [-0.4, -0.2) is 26.2 Å². The van der Waals surface area contributed by atoms with Gasteiger partial charge in [0.1, 0.15) is 17.6 Å². The fourth-order valence-corrected chi connectivity index (χ4v) is 7.68. The third-order valence-electron chi connectivity index (χ3n) is 10.7. The fraction of sp³-hybridized carbons (Fsp3) is 0.341. The molecule has 2 atom stereocenters. The molecule has 1 aliphatic carbocycles. The highest BCUT2D eigenvalue weighted by atomic mass is 16.5. The number of fused-ring (bicyclic) bond motifs is 1. The lowest BCUT2D eigenvalue weighted by atomic mass is 9.68. The summed E-state index contributed by atoms with van der Waals surface area (Å²) >= 11 is 0. The van der Waals surface area contributed by atoms with Crippen molar-refractivity contribution in [3.63, 3.8) is 0 Å². The quantitative estimate of drug-likeness (QED) is 0.122. The number of carbonyl (C=O) groups is 1. The highest BCUT2D eigenvalue weighted by Gasteiger charge is 2.37. The molecule has 0 bridgehead atoms. The Morgan fingerprint density at radius 2 is 1.57 bits per heavy atom. The average Bonchev–Trinajstić information content (AvgIpc) is 3.44. The lowest BCUT2D eigenvalue weighted by Gasteiger charge is -2.36. The molecule has 1 aliphatic heterocycles. The monoisotopic (exact) mass is 655 g/mol. The summed E-state index contributed by atoms with van der Waals surface area (Å²) in [6, 6.07) is 31.8. The van der Waals surface area contributed by atoms with E-state index in [0.29, 0.717) is 24.4 Å². The summed E-state index contributed by atoms with van der Waals surface area (Å²) in [5.41, 5.74) is 8.85. The van der Waals surface area contributed by atoms with Crippen LogP contribution in [0.25, 0.3) is 5.57 Å². The van der Waals surface area contributed by atoms with Gasteiger partial charge in [-0.3, -0.25) is 0 Å². The van der Waals surface area contributed by atoms with E-state index >= 15 is 0 Å². The maximum atomic E-state index is 13.0. The minimum absolute atomic E-state index is 0.245. The molecule has 5 nitrogen and oxygen atoms in total. The van der Waals surface area contributed by atoms with Gasteiger partial charge in [-0.15, -0.1) is 0 Å². The third kappa shape index (κ3) is 7.17. The smallest absolute Gasteiger partial charge is 0.339 e. The molecule has 1 saturated carbocycles. The van der Waals surface area contributed by atoms with E-state index in [0.717, 1.165) is 74.9 Å². The van der Waals surface area contributed by atoms with Crippen LogP contribution in [0, 0.1) is 12.8 Å². The number of hydrogen-bond acceptors (Lipinski definition) is 5. The number of para-hydroxylation sites is 1. The molecule has 0 radical (unpaired) electrons. The number of nitrogens with one attached hydrogen (secondary N) is 1. The predicted molar refractivity (Wildman–Crippen MR) is 200 cm³/mol. The highest BCUT2D eigenvalue weighted by molar-refractivity contribution is 5.94. The number of hydrogen-bond donors (Lipinski definition) is 1. The summed E-state index contributed by atoms with van der Waals surface area (Å²) in [5.74, 6) is 2.14. The number of anilines is 1. The molecule has 1 heterocycles. The van der Waals surface area contributed by atoms with Gasteiger partial charge in [-0.2, -0.15) is 0 Å². The van der Waals surface area contributed by atoms with Crippen molar-refractivity contribution < 1.29 is 19.0 Å². The molecule has 1 N–H and O–H groups in total. The molecule has 4 aromatic carbocycles. The molecule has 1 fully saturated rings. The van der Waals surface area contributed by atoms with Crippen LogP contribution < -0.4 is 14.8 Å². The van der Waals surface area contributed by atoms with Crippen LogP contribution in [-0.2, 0) is 10.2 Å². The Balaban J connectivity index is 1.51. The van der Waals surface area contributed by atoms with Crippen molar-refractivity contribution in [2.24, 2.45) is 5.92 Å². The zero-order valence-electron chi connectivity index (χ0n) is 29.6. The van der Waals surface area contributed by atoms with Crippen molar-refractivity contribution in [3.05, 3.63) is 143 Å². The maximum absolute atomic E-state index is 13.0. The van der Waals surface area contributed by atoms with Crippen molar-refractivity contribution in [2.45, 2.75) is 76.9 Å². The van der Waals surface area contributed by atoms with Crippen molar-refractivity contribution in [1.82, 2.24) is 0 Å². The number of carbonyl (C=O) groups excluding carboxylic acids is 1. The molecular weight excluding hydrogens is 606 g/mol. The molecule has 4 aromatic rings. The lowest BCUT2D eigenvalue weighted by Crippen LogP contribution is -2.27. The van der Waals surface area contributed by atoms with E-state index in [1.807, 2.05) is 49.4 Å². The molecule has 5 heteroatoms. The highest BCUT2D eigenvalue weighted by Crippen LogP contribution is 2.47. The van der Waals surface area contributed by atoms with Crippen LogP contribution >= 0.6 is 0 Å². The Morgan fingerprint density at radius 1 is 0.918 bits per heavy atom. The van der Waals surface area contributed by atoms with Crippen LogP contribution in [0.2, 0.25) is 0 Å². The first-order valence-electron chi connectivity index (χ1n) is 17.6. The maximum Gasteiger partial charge on any atom is 0.339 e. The summed E-state index contributed by atoms with van der Waals surface area (Å²) in [4.78, 5) is 13.0. The van der Waals surface area contributed by atoms with Crippen molar-refractivity contribution in [2.75, 3.05) is 19.5 Å². The number of rotatable bonds is 12. The zero-order chi connectivity index (χ0) is 34.5. The fourth-order valence-electron chi connectivity index (χ4n) is 7.68. The summed E-state index contributed by atoms with van der Waals surface area (Å²) < 4.78 is 17.1. The average molecular weight is 656 g/mol. The molecule has 2 unspecified atom stereocenters. The second kappa shape index (κ2) is 14.8. The second-order valence-corrected chi connectivity index (χ2v) is 14.0. The first-order valence-corrected chi connectivity index (χ1v) is 17.6. The number of methoxy groups -OCH3 is 2. The number of ether oxygens (including phenoxy) is 3. The third-order valence-corrected chi connectivity index (χ3v) is 10.7. The topological polar surface area (TPSA) is 56.8 Å². The van der Waals surface area contributed by atoms with Gasteiger partial charge < -0.3 is 19.5 Å². The van der Waals surface area contributed by atoms with Gasteiger partial charge in [-0.25, -0.2) is 4.79 Å². The molecule has 6 rings (SSSR count). The Labute approximate surface area is 292 Å². The zero-order valence-corrected chi connectivity index (χ0v) is 29.6. The molecule has 0 amide bonds. The van der Waals surface area contributed by atoms with E-state index in [4.69, 9.17) is 14.2 Å². The van der Waals surface area contributed by atoms with E-state index in [-0.39, 0.29) is 12.1 Å². The number of allylic oxidation sites excluding steroid dienone is 2. The Morgan fingerprint density at radius 3 is 2.22 bits per heavy atom. The first-order chi connectivity index (χ1) is 23.7. The standard InChI is InChI=1S/C44H49NO4/c1-7-39(42(31-15-21-34(47-5)22-16-31)37-10-8-9-11-40(37)45-33-19-12-29(2)13-20-33)44(4,32-17-23-35(48-6)24-18-32)27-26-41-36-25-14-30(3)28-38(36)43(46)49-41/h7-11,14-18,21-25,28-29,33,41,45H,1,12-13,19-20,26-27H2,2-6H3. The first kappa shape index (κ1) is 34.1. The van der Waals surface area contributed by atoms with Gasteiger partial charge in [0.25, 0.3) is 0 Å². The van der Waals surface area contributed by atoms with E-state index in [9.17, 15) is 4.79 Å². The van der Waals surface area contributed by atoms with Crippen molar-refractivity contribution in [3.8, 4) is 11.5 Å². The van der Waals surface area contributed by atoms with Gasteiger partial charge in [0.2, 0.25) is 0 Å². The molecule has 0 spiro atoms. The number of esters is 1. The minimum Gasteiger partial charge on any atom is -0.497 e. The van der Waals surface area contributed by atoms with Gasteiger partial charge in [0, 0.05) is 28.3 Å². The molecule has 0 aromatic heterocycles. The van der Waals surface area contributed by atoms with E-state index < -0.39 is 5.41 Å². The molecular formula is C44H49NO4. The summed E-state index contributed by atoms with van der Waals surface area (Å²) in [6.45, 7) is 11.1. The number of cyclic esters (lactones) is 1. The van der Waals surface area contributed by atoms with Gasteiger partial charge in [0.05, 0.1) is 19.8 Å². The summed E-state index contributed by atoms with van der Waals surface area (Å²) in [6.07, 6.45) is 7.87. The molecule has 0 saturated heterocycles. The number of benzene rings is 4. The Hall–Kier alpha value is -4.77. The van der Waals surface area contributed by atoms with Crippen LogP contribution in [0.4, 0.5) is 5.69 Å². The Kier molecular flexibility index (Phi) is 10.3. The van der Waals surface area contributed by atoms with Crippen LogP contribution in [0.5, 0.6) is 11.5 Å². The van der Waals surface area contributed by atoms with E-state index in [2.05, 4.69) is 80.3 Å². The van der Waals surface area contributed by atoms with Gasteiger partial charge >= 0.3 is 5.97 Å². The van der Waals surface area contributed by atoms with Crippen LogP contribution in [0.15, 0.2) is 109 Å². The molecule has 2 aliphatic rings.